The molecule has 14 heavy (non-hydrogen) atoms. The van der Waals surface area contributed by atoms with Crippen LogP contribution in [0.2, 0.25) is 0 Å². The molecule has 1 aromatic rings. The third kappa shape index (κ3) is 2.22. The normalized spacial score (nSPS) is 15.7. The van der Waals surface area contributed by atoms with E-state index < -0.39 is 0 Å². The van der Waals surface area contributed by atoms with Gasteiger partial charge in [-0.15, -0.1) is 0 Å². The maximum absolute atomic E-state index is 10.9. The summed E-state index contributed by atoms with van der Waals surface area (Å²) in [5.74, 6) is 0.228. The number of nitrogens with one attached hydrogen (secondary N) is 1. The summed E-state index contributed by atoms with van der Waals surface area (Å²) in [5, 5.41) is 7.32. The second-order valence-corrected chi connectivity index (χ2v) is 3.33. The first-order chi connectivity index (χ1) is 6.84. The molecule has 0 atom stereocenters. The zero-order valence-electron chi connectivity index (χ0n) is 7.94. The van der Waals surface area contributed by atoms with Gasteiger partial charge in [0.2, 0.25) is 0 Å². The van der Waals surface area contributed by atoms with E-state index in [4.69, 9.17) is 0 Å². The van der Waals surface area contributed by atoms with Crippen molar-refractivity contribution in [3.8, 4) is 0 Å². The molecule has 0 spiro atoms. The lowest BCUT2D eigenvalue weighted by Gasteiger charge is -2.06. The van der Waals surface area contributed by atoms with Gasteiger partial charge >= 0.3 is 0 Å². The average molecular weight is 191 g/mol. The maximum Gasteiger partial charge on any atom is 0.157 e. The van der Waals surface area contributed by atoms with E-state index in [0.717, 1.165) is 25.2 Å². The molecule has 1 aromatic heterocycles. The van der Waals surface area contributed by atoms with Gasteiger partial charge in [-0.3, -0.25) is 9.48 Å². The minimum absolute atomic E-state index is 0.228. The predicted octanol–water partition coefficient (Wildman–Crippen LogP) is 0.719. The number of hydrogen-bond acceptors (Lipinski definition) is 3. The van der Waals surface area contributed by atoms with Crippen LogP contribution in [0.4, 0.5) is 0 Å². The van der Waals surface area contributed by atoms with Crippen molar-refractivity contribution in [3.05, 3.63) is 30.2 Å². The Morgan fingerprint density at radius 2 is 2.43 bits per heavy atom. The van der Waals surface area contributed by atoms with Gasteiger partial charge < -0.3 is 5.32 Å². The van der Waals surface area contributed by atoms with Gasteiger partial charge in [-0.05, 0) is 12.5 Å². The fourth-order valence-electron chi connectivity index (χ4n) is 1.50. The highest BCUT2D eigenvalue weighted by molar-refractivity contribution is 5.92. The third-order valence-corrected chi connectivity index (χ3v) is 2.23. The Morgan fingerprint density at radius 3 is 3.07 bits per heavy atom. The minimum atomic E-state index is 0.228. The first kappa shape index (κ1) is 8.99. The Bertz CT molecular complexity index is 340. The van der Waals surface area contributed by atoms with E-state index in [-0.39, 0.29) is 5.78 Å². The molecule has 0 aromatic carbocycles. The van der Waals surface area contributed by atoms with Crippen LogP contribution >= 0.6 is 0 Å². The summed E-state index contributed by atoms with van der Waals surface area (Å²) in [6.07, 6.45) is 6.90. The summed E-state index contributed by atoms with van der Waals surface area (Å²) < 4.78 is 1.87. The quantitative estimate of drug-likeness (QED) is 0.762. The number of aromatic nitrogens is 2. The van der Waals surface area contributed by atoms with E-state index in [1.165, 1.54) is 0 Å². The Morgan fingerprint density at radius 1 is 1.50 bits per heavy atom. The second-order valence-electron chi connectivity index (χ2n) is 3.33. The molecule has 1 heterocycles. The van der Waals surface area contributed by atoms with Crippen LogP contribution in [0.15, 0.2) is 30.2 Å². The molecule has 0 fully saturated rings. The molecule has 1 aliphatic carbocycles. The SMILES string of the molecule is O=C1C=C(NCCn2cccn2)CC1. The summed E-state index contributed by atoms with van der Waals surface area (Å²) in [4.78, 5) is 10.9. The lowest BCUT2D eigenvalue weighted by Crippen LogP contribution is -2.18. The number of carbonyl (C=O) groups is 1. The van der Waals surface area contributed by atoms with E-state index >= 15 is 0 Å². The number of nitrogens with zero attached hydrogens (tertiary/aromatic N) is 2. The molecule has 4 heteroatoms. The van der Waals surface area contributed by atoms with Crippen molar-refractivity contribution in [3.63, 3.8) is 0 Å². The van der Waals surface area contributed by atoms with Crippen LogP contribution in [0.25, 0.3) is 0 Å². The Balaban J connectivity index is 1.73. The highest BCUT2D eigenvalue weighted by Crippen LogP contribution is 2.11. The maximum atomic E-state index is 10.9. The van der Waals surface area contributed by atoms with Crippen molar-refractivity contribution in [1.82, 2.24) is 15.1 Å². The van der Waals surface area contributed by atoms with E-state index in [1.54, 1.807) is 12.3 Å². The van der Waals surface area contributed by atoms with Crippen molar-refractivity contribution in [2.75, 3.05) is 6.54 Å². The van der Waals surface area contributed by atoms with Crippen molar-refractivity contribution < 1.29 is 4.79 Å². The van der Waals surface area contributed by atoms with Crippen molar-refractivity contribution in [2.45, 2.75) is 19.4 Å². The van der Waals surface area contributed by atoms with Crippen LogP contribution < -0.4 is 5.32 Å². The number of hydrogen-bond donors (Lipinski definition) is 1. The van der Waals surface area contributed by atoms with Gasteiger partial charge in [0, 0.05) is 37.1 Å². The molecule has 0 saturated carbocycles. The lowest BCUT2D eigenvalue weighted by molar-refractivity contribution is -0.114. The zero-order valence-corrected chi connectivity index (χ0v) is 7.94. The van der Waals surface area contributed by atoms with Gasteiger partial charge in [0.05, 0.1) is 6.54 Å². The van der Waals surface area contributed by atoms with Crippen LogP contribution in [-0.2, 0) is 11.3 Å². The fourth-order valence-corrected chi connectivity index (χ4v) is 1.50. The molecule has 2 rings (SSSR count). The number of ketones is 1. The Labute approximate surface area is 82.6 Å². The lowest BCUT2D eigenvalue weighted by atomic mass is 10.3. The average Bonchev–Trinajstić information content (AvgIpc) is 2.77. The van der Waals surface area contributed by atoms with Crippen LogP contribution in [0.3, 0.4) is 0 Å². The molecule has 0 amide bonds. The summed E-state index contributed by atoms with van der Waals surface area (Å²) >= 11 is 0. The van der Waals surface area contributed by atoms with Gasteiger partial charge in [-0.2, -0.15) is 5.10 Å². The molecule has 1 N–H and O–H groups in total. The van der Waals surface area contributed by atoms with Gasteiger partial charge in [-0.25, -0.2) is 0 Å². The number of carbonyl (C=O) groups excluding carboxylic acids is 1. The predicted molar refractivity (Wildman–Crippen MR) is 52.6 cm³/mol. The van der Waals surface area contributed by atoms with E-state index in [9.17, 15) is 4.79 Å². The van der Waals surface area contributed by atoms with Gasteiger partial charge in [0.25, 0.3) is 0 Å². The molecule has 1 aliphatic rings. The molecule has 0 bridgehead atoms. The molecule has 4 nitrogen and oxygen atoms in total. The van der Waals surface area contributed by atoms with Gasteiger partial charge in [0.15, 0.2) is 5.78 Å². The summed E-state index contributed by atoms with van der Waals surface area (Å²) in [6, 6.07) is 1.90. The molecule has 0 aliphatic heterocycles. The van der Waals surface area contributed by atoms with Crippen LogP contribution in [0.5, 0.6) is 0 Å². The second kappa shape index (κ2) is 4.09. The van der Waals surface area contributed by atoms with Gasteiger partial charge in [-0.1, -0.05) is 0 Å². The smallest absolute Gasteiger partial charge is 0.157 e. The first-order valence-corrected chi connectivity index (χ1v) is 4.79. The van der Waals surface area contributed by atoms with E-state index in [2.05, 4.69) is 10.4 Å². The first-order valence-electron chi connectivity index (χ1n) is 4.79. The molecule has 74 valence electrons. The fraction of sp³-hybridized carbons (Fsp3) is 0.400. The van der Waals surface area contributed by atoms with E-state index in [0.29, 0.717) is 6.42 Å². The van der Waals surface area contributed by atoms with Crippen molar-refractivity contribution in [1.29, 1.82) is 0 Å². The van der Waals surface area contributed by atoms with Crippen molar-refractivity contribution in [2.24, 2.45) is 0 Å². The molecule has 0 saturated heterocycles. The number of rotatable bonds is 4. The topological polar surface area (TPSA) is 46.9 Å². The van der Waals surface area contributed by atoms with Crippen LogP contribution in [0.1, 0.15) is 12.8 Å². The number of allylic oxidation sites excluding steroid dienone is 2. The highest BCUT2D eigenvalue weighted by Gasteiger charge is 2.10. The summed E-state index contributed by atoms with van der Waals surface area (Å²) in [7, 11) is 0. The zero-order chi connectivity index (χ0) is 9.80. The van der Waals surface area contributed by atoms with Gasteiger partial charge in [0.1, 0.15) is 0 Å². The molecule has 0 radical (unpaired) electrons. The summed E-state index contributed by atoms with van der Waals surface area (Å²) in [5.41, 5.74) is 1.06. The highest BCUT2D eigenvalue weighted by atomic mass is 16.1. The summed E-state index contributed by atoms with van der Waals surface area (Å²) in [6.45, 7) is 1.65. The molecular formula is C10H13N3O. The van der Waals surface area contributed by atoms with E-state index in [1.807, 2.05) is 16.9 Å². The monoisotopic (exact) mass is 191 g/mol. The third-order valence-electron chi connectivity index (χ3n) is 2.23. The van der Waals surface area contributed by atoms with Crippen molar-refractivity contribution >= 4 is 5.78 Å². The standard InChI is InChI=1S/C10H13N3O/c14-10-3-2-9(8-10)11-5-7-13-6-1-4-12-13/h1,4,6,8,11H,2-3,5,7H2. The molecular weight excluding hydrogens is 178 g/mol. The van der Waals surface area contributed by atoms with Crippen LogP contribution in [-0.4, -0.2) is 22.1 Å². The minimum Gasteiger partial charge on any atom is -0.386 e. The largest absolute Gasteiger partial charge is 0.386 e. The Kier molecular flexibility index (Phi) is 2.62. The molecule has 0 unspecified atom stereocenters. The Hall–Kier alpha value is -1.58. The van der Waals surface area contributed by atoms with Crippen LogP contribution in [0, 0.1) is 0 Å².